The lowest BCUT2D eigenvalue weighted by molar-refractivity contribution is 0.0500. The minimum Gasteiger partial charge on any atom is -0.497 e. The molecule has 1 rings (SSSR count). The van der Waals surface area contributed by atoms with Crippen molar-refractivity contribution >= 4 is 11.9 Å². The minimum atomic E-state index is -0.553. The molecule has 0 saturated carbocycles. The maximum absolute atomic E-state index is 12.2. The SMILES string of the molecule is CCC(CC(=O)c1ccc(OC)cc1)NC(=O)OC(C)(C)C. The summed E-state index contributed by atoms with van der Waals surface area (Å²) in [6.07, 6.45) is 0.394. The van der Waals surface area contributed by atoms with Crippen LogP contribution in [0.25, 0.3) is 0 Å². The molecule has 0 heterocycles. The number of rotatable bonds is 6. The number of hydrogen-bond acceptors (Lipinski definition) is 4. The van der Waals surface area contributed by atoms with Crippen LogP contribution in [0.2, 0.25) is 0 Å². The van der Waals surface area contributed by atoms with Crippen molar-refractivity contribution in [3.8, 4) is 5.75 Å². The van der Waals surface area contributed by atoms with Gasteiger partial charge in [-0.3, -0.25) is 4.79 Å². The van der Waals surface area contributed by atoms with E-state index in [-0.39, 0.29) is 18.2 Å². The Bertz CT molecular complexity index is 502. The predicted molar refractivity (Wildman–Crippen MR) is 85.4 cm³/mol. The van der Waals surface area contributed by atoms with Crippen LogP contribution < -0.4 is 10.1 Å². The van der Waals surface area contributed by atoms with Gasteiger partial charge in [-0.2, -0.15) is 0 Å². The van der Waals surface area contributed by atoms with E-state index >= 15 is 0 Å². The lowest BCUT2D eigenvalue weighted by atomic mass is 10.0. The van der Waals surface area contributed by atoms with E-state index in [1.54, 1.807) is 52.1 Å². The molecular formula is C17H25NO4. The number of alkyl carbamates (subject to hydrolysis) is 1. The smallest absolute Gasteiger partial charge is 0.407 e. The monoisotopic (exact) mass is 307 g/mol. The topological polar surface area (TPSA) is 64.6 Å². The van der Waals surface area contributed by atoms with E-state index in [4.69, 9.17) is 9.47 Å². The van der Waals surface area contributed by atoms with Crippen molar-refractivity contribution in [2.45, 2.75) is 52.2 Å². The van der Waals surface area contributed by atoms with Crippen LogP contribution in [0.15, 0.2) is 24.3 Å². The Morgan fingerprint density at radius 3 is 2.23 bits per heavy atom. The van der Waals surface area contributed by atoms with Crippen LogP contribution >= 0.6 is 0 Å². The highest BCUT2D eigenvalue weighted by molar-refractivity contribution is 5.96. The first-order chi connectivity index (χ1) is 10.2. The molecule has 0 aromatic heterocycles. The maximum Gasteiger partial charge on any atom is 0.407 e. The molecule has 0 saturated heterocycles. The first-order valence-electron chi connectivity index (χ1n) is 7.42. The summed E-state index contributed by atoms with van der Waals surface area (Å²) >= 11 is 0. The summed E-state index contributed by atoms with van der Waals surface area (Å²) in [6.45, 7) is 7.32. The Morgan fingerprint density at radius 2 is 1.77 bits per heavy atom. The summed E-state index contributed by atoms with van der Waals surface area (Å²) in [6, 6.07) is 6.69. The summed E-state index contributed by atoms with van der Waals surface area (Å²) < 4.78 is 10.3. The number of nitrogens with one attached hydrogen (secondary N) is 1. The van der Waals surface area contributed by atoms with Gasteiger partial charge in [-0.25, -0.2) is 4.79 Å². The number of carbonyl (C=O) groups excluding carboxylic acids is 2. The van der Waals surface area contributed by atoms with Gasteiger partial charge in [0.05, 0.1) is 7.11 Å². The van der Waals surface area contributed by atoms with Gasteiger partial charge in [-0.05, 0) is 51.5 Å². The van der Waals surface area contributed by atoms with Gasteiger partial charge in [-0.1, -0.05) is 6.92 Å². The summed E-state index contributed by atoms with van der Waals surface area (Å²) in [7, 11) is 1.58. The van der Waals surface area contributed by atoms with Crippen LogP contribution in [0.5, 0.6) is 5.75 Å². The Morgan fingerprint density at radius 1 is 1.18 bits per heavy atom. The Labute approximate surface area is 132 Å². The van der Waals surface area contributed by atoms with Gasteiger partial charge in [0.25, 0.3) is 0 Å². The first-order valence-corrected chi connectivity index (χ1v) is 7.42. The van der Waals surface area contributed by atoms with Crippen molar-refractivity contribution in [2.24, 2.45) is 0 Å². The fourth-order valence-electron chi connectivity index (χ4n) is 1.89. The van der Waals surface area contributed by atoms with Gasteiger partial charge in [0, 0.05) is 18.0 Å². The zero-order valence-corrected chi connectivity index (χ0v) is 13.9. The molecule has 1 N–H and O–H groups in total. The summed E-state index contributed by atoms with van der Waals surface area (Å²) in [5.41, 5.74) is 0.0489. The first kappa shape index (κ1) is 18.0. The number of methoxy groups -OCH3 is 1. The molecule has 0 spiro atoms. The minimum absolute atomic E-state index is 0.0226. The average molecular weight is 307 g/mol. The van der Waals surface area contributed by atoms with E-state index in [2.05, 4.69) is 5.32 Å². The standard InChI is InChI=1S/C17H25NO4/c1-6-13(18-16(20)22-17(2,3)4)11-15(19)12-7-9-14(21-5)10-8-12/h7-10,13H,6,11H2,1-5H3,(H,18,20). The highest BCUT2D eigenvalue weighted by Crippen LogP contribution is 2.14. The molecule has 0 aliphatic rings. The zero-order chi connectivity index (χ0) is 16.8. The molecule has 0 fully saturated rings. The van der Waals surface area contributed by atoms with Gasteiger partial charge in [0.15, 0.2) is 5.78 Å². The van der Waals surface area contributed by atoms with Crippen molar-refractivity contribution in [3.63, 3.8) is 0 Å². The van der Waals surface area contributed by atoms with Gasteiger partial charge < -0.3 is 14.8 Å². The third-order valence-corrected chi connectivity index (χ3v) is 3.06. The lowest BCUT2D eigenvalue weighted by Crippen LogP contribution is -2.39. The molecule has 0 aliphatic heterocycles. The molecule has 122 valence electrons. The van der Waals surface area contributed by atoms with Crippen molar-refractivity contribution < 1.29 is 19.1 Å². The number of hydrogen-bond donors (Lipinski definition) is 1. The molecule has 1 aromatic carbocycles. The second-order valence-corrected chi connectivity index (χ2v) is 6.11. The maximum atomic E-state index is 12.2. The number of carbonyl (C=O) groups is 2. The lowest BCUT2D eigenvalue weighted by Gasteiger charge is -2.22. The largest absolute Gasteiger partial charge is 0.497 e. The van der Waals surface area contributed by atoms with E-state index in [9.17, 15) is 9.59 Å². The fraction of sp³-hybridized carbons (Fsp3) is 0.529. The summed E-state index contributed by atoms with van der Waals surface area (Å²) in [5.74, 6) is 0.682. The van der Waals surface area contributed by atoms with E-state index in [1.807, 2.05) is 6.92 Å². The normalized spacial score (nSPS) is 12.4. The van der Waals surface area contributed by atoms with E-state index in [1.165, 1.54) is 0 Å². The molecule has 22 heavy (non-hydrogen) atoms. The number of ketones is 1. The third-order valence-electron chi connectivity index (χ3n) is 3.06. The van der Waals surface area contributed by atoms with Gasteiger partial charge in [0.1, 0.15) is 11.4 Å². The zero-order valence-electron chi connectivity index (χ0n) is 13.9. The van der Waals surface area contributed by atoms with Crippen LogP contribution in [-0.4, -0.2) is 30.6 Å². The number of benzene rings is 1. The second kappa shape index (κ2) is 7.82. The number of Topliss-reactive ketones (excluding diaryl/α,β-unsaturated/α-hetero) is 1. The van der Waals surface area contributed by atoms with E-state index in [0.29, 0.717) is 17.7 Å². The molecular weight excluding hydrogens is 282 g/mol. The second-order valence-electron chi connectivity index (χ2n) is 6.11. The highest BCUT2D eigenvalue weighted by Gasteiger charge is 2.20. The van der Waals surface area contributed by atoms with Gasteiger partial charge >= 0.3 is 6.09 Å². The molecule has 0 radical (unpaired) electrons. The fourth-order valence-corrected chi connectivity index (χ4v) is 1.89. The third kappa shape index (κ3) is 6.16. The van der Waals surface area contributed by atoms with E-state index in [0.717, 1.165) is 0 Å². The van der Waals surface area contributed by atoms with Crippen LogP contribution in [-0.2, 0) is 4.74 Å². The quantitative estimate of drug-likeness (QED) is 0.816. The average Bonchev–Trinajstić information content (AvgIpc) is 2.44. The van der Waals surface area contributed by atoms with Gasteiger partial charge in [-0.15, -0.1) is 0 Å². The predicted octanol–water partition coefficient (Wildman–Crippen LogP) is 3.57. The highest BCUT2D eigenvalue weighted by atomic mass is 16.6. The molecule has 0 aliphatic carbocycles. The molecule has 5 nitrogen and oxygen atoms in total. The van der Waals surface area contributed by atoms with Crippen molar-refractivity contribution in [3.05, 3.63) is 29.8 Å². The van der Waals surface area contributed by atoms with Crippen LogP contribution in [0.1, 0.15) is 50.9 Å². The summed E-state index contributed by atoms with van der Waals surface area (Å²) in [4.78, 5) is 24.0. The van der Waals surface area contributed by atoms with E-state index < -0.39 is 11.7 Å². The van der Waals surface area contributed by atoms with Crippen LogP contribution in [0, 0.1) is 0 Å². The van der Waals surface area contributed by atoms with Crippen molar-refractivity contribution in [2.75, 3.05) is 7.11 Å². The van der Waals surface area contributed by atoms with Crippen molar-refractivity contribution in [1.82, 2.24) is 5.32 Å². The Balaban J connectivity index is 2.61. The molecule has 1 aromatic rings. The van der Waals surface area contributed by atoms with Crippen LogP contribution in [0.4, 0.5) is 4.79 Å². The number of amides is 1. The molecule has 5 heteroatoms. The number of ether oxygens (including phenoxy) is 2. The molecule has 1 amide bonds. The molecule has 1 atom stereocenters. The Kier molecular flexibility index (Phi) is 6.40. The Hall–Kier alpha value is -2.04. The van der Waals surface area contributed by atoms with Crippen LogP contribution in [0.3, 0.4) is 0 Å². The van der Waals surface area contributed by atoms with Crippen molar-refractivity contribution in [1.29, 1.82) is 0 Å². The molecule has 0 bridgehead atoms. The van der Waals surface area contributed by atoms with Gasteiger partial charge in [0.2, 0.25) is 0 Å². The molecule has 1 unspecified atom stereocenters. The summed E-state index contributed by atoms with van der Waals surface area (Å²) in [5, 5.41) is 2.74.